The SMILES string of the molecule is C[C@@H](NC(=O)C(=O)c1c[nH]c2ccc(Cl)cc12)c1ccccc1. The van der Waals surface area contributed by atoms with Gasteiger partial charge in [0.15, 0.2) is 0 Å². The summed E-state index contributed by atoms with van der Waals surface area (Å²) in [6, 6.07) is 14.4. The van der Waals surface area contributed by atoms with Crippen LogP contribution in [0.3, 0.4) is 0 Å². The van der Waals surface area contributed by atoms with Crippen LogP contribution in [-0.2, 0) is 4.79 Å². The van der Waals surface area contributed by atoms with E-state index in [9.17, 15) is 9.59 Å². The summed E-state index contributed by atoms with van der Waals surface area (Å²) in [4.78, 5) is 27.6. The van der Waals surface area contributed by atoms with E-state index in [4.69, 9.17) is 11.6 Å². The summed E-state index contributed by atoms with van der Waals surface area (Å²) in [7, 11) is 0. The van der Waals surface area contributed by atoms with Crippen LogP contribution >= 0.6 is 11.6 Å². The molecule has 116 valence electrons. The van der Waals surface area contributed by atoms with Gasteiger partial charge in [-0.25, -0.2) is 0 Å². The van der Waals surface area contributed by atoms with Gasteiger partial charge in [-0.1, -0.05) is 41.9 Å². The average molecular weight is 327 g/mol. The molecule has 0 unspecified atom stereocenters. The molecule has 0 fully saturated rings. The van der Waals surface area contributed by atoms with Crippen molar-refractivity contribution in [3.63, 3.8) is 0 Å². The molecule has 0 bridgehead atoms. The third-order valence-electron chi connectivity index (χ3n) is 3.74. The van der Waals surface area contributed by atoms with Gasteiger partial charge in [-0.05, 0) is 30.7 Å². The molecule has 0 spiro atoms. The Morgan fingerprint density at radius 1 is 1.13 bits per heavy atom. The lowest BCUT2D eigenvalue weighted by Gasteiger charge is -2.13. The Labute approximate surface area is 138 Å². The molecule has 0 saturated heterocycles. The summed E-state index contributed by atoms with van der Waals surface area (Å²) in [5.41, 5.74) is 2.03. The first kappa shape index (κ1) is 15.3. The molecular weight excluding hydrogens is 312 g/mol. The number of amides is 1. The Hall–Kier alpha value is -2.59. The predicted molar refractivity (Wildman–Crippen MR) is 90.6 cm³/mol. The third kappa shape index (κ3) is 3.12. The quantitative estimate of drug-likeness (QED) is 0.564. The lowest BCUT2D eigenvalue weighted by Crippen LogP contribution is -2.33. The number of nitrogens with one attached hydrogen (secondary N) is 2. The summed E-state index contributed by atoms with van der Waals surface area (Å²) in [5.74, 6) is -1.22. The molecule has 23 heavy (non-hydrogen) atoms. The van der Waals surface area contributed by atoms with E-state index in [0.29, 0.717) is 16.0 Å². The number of aromatic nitrogens is 1. The number of carbonyl (C=O) groups is 2. The molecule has 2 N–H and O–H groups in total. The maximum absolute atomic E-state index is 12.4. The highest BCUT2D eigenvalue weighted by Gasteiger charge is 2.21. The standard InChI is InChI=1S/C18H15ClN2O2/c1-11(12-5-3-2-4-6-12)21-18(23)17(22)15-10-20-16-8-7-13(19)9-14(15)16/h2-11,20H,1H3,(H,21,23)/t11-/m1/s1. The number of ketones is 1. The number of rotatable bonds is 4. The molecule has 0 saturated carbocycles. The maximum atomic E-state index is 12.4. The van der Waals surface area contributed by atoms with Crippen molar-refractivity contribution in [3.05, 3.63) is 70.9 Å². The molecule has 1 atom stereocenters. The number of benzene rings is 2. The van der Waals surface area contributed by atoms with Gasteiger partial charge in [-0.15, -0.1) is 0 Å². The van der Waals surface area contributed by atoms with Crippen LogP contribution in [0.25, 0.3) is 10.9 Å². The molecule has 0 aliphatic rings. The number of Topliss-reactive ketones (excluding diaryl/α,β-unsaturated/α-hetero) is 1. The van der Waals surface area contributed by atoms with Crippen LogP contribution in [0, 0.1) is 0 Å². The van der Waals surface area contributed by atoms with Gasteiger partial charge in [0.1, 0.15) is 0 Å². The zero-order valence-corrected chi connectivity index (χ0v) is 13.2. The summed E-state index contributed by atoms with van der Waals surface area (Å²) in [6.45, 7) is 1.84. The van der Waals surface area contributed by atoms with E-state index >= 15 is 0 Å². The van der Waals surface area contributed by atoms with Crippen LogP contribution < -0.4 is 5.32 Å². The van der Waals surface area contributed by atoms with Gasteiger partial charge >= 0.3 is 0 Å². The summed E-state index contributed by atoms with van der Waals surface area (Å²) in [6.07, 6.45) is 1.54. The van der Waals surface area contributed by atoms with E-state index in [2.05, 4.69) is 10.3 Å². The molecule has 0 aliphatic carbocycles. The van der Waals surface area contributed by atoms with Crippen molar-refractivity contribution in [2.24, 2.45) is 0 Å². The lowest BCUT2D eigenvalue weighted by molar-refractivity contribution is -0.117. The highest BCUT2D eigenvalue weighted by molar-refractivity contribution is 6.45. The Kier molecular flexibility index (Phi) is 4.17. The van der Waals surface area contributed by atoms with Crippen LogP contribution in [0.15, 0.2) is 54.7 Å². The van der Waals surface area contributed by atoms with Gasteiger partial charge in [0.25, 0.3) is 11.7 Å². The molecular formula is C18H15ClN2O2. The van der Waals surface area contributed by atoms with Gasteiger partial charge in [-0.2, -0.15) is 0 Å². The van der Waals surface area contributed by atoms with E-state index in [1.165, 1.54) is 6.20 Å². The first-order chi connectivity index (χ1) is 11.1. The van der Waals surface area contributed by atoms with E-state index < -0.39 is 11.7 Å². The first-order valence-electron chi connectivity index (χ1n) is 7.23. The number of aromatic amines is 1. The lowest BCUT2D eigenvalue weighted by atomic mass is 10.1. The minimum Gasteiger partial charge on any atom is -0.360 e. The van der Waals surface area contributed by atoms with Crippen molar-refractivity contribution in [2.75, 3.05) is 0 Å². The summed E-state index contributed by atoms with van der Waals surface area (Å²) in [5, 5.41) is 3.89. The van der Waals surface area contributed by atoms with E-state index in [1.807, 2.05) is 37.3 Å². The molecule has 1 amide bonds. The second kappa shape index (κ2) is 6.26. The smallest absolute Gasteiger partial charge is 0.292 e. The number of carbonyl (C=O) groups excluding carboxylic acids is 2. The Balaban J connectivity index is 1.82. The number of fused-ring (bicyclic) bond motifs is 1. The molecule has 2 aromatic carbocycles. The monoisotopic (exact) mass is 326 g/mol. The fourth-order valence-corrected chi connectivity index (χ4v) is 2.66. The Bertz CT molecular complexity index is 871. The topological polar surface area (TPSA) is 62.0 Å². The van der Waals surface area contributed by atoms with E-state index in [0.717, 1.165) is 11.1 Å². The molecule has 0 aliphatic heterocycles. The number of hydrogen-bond donors (Lipinski definition) is 2. The van der Waals surface area contributed by atoms with Crippen molar-refractivity contribution in [1.82, 2.24) is 10.3 Å². The van der Waals surface area contributed by atoms with Crippen LogP contribution in [-0.4, -0.2) is 16.7 Å². The van der Waals surface area contributed by atoms with Crippen molar-refractivity contribution < 1.29 is 9.59 Å². The minimum absolute atomic E-state index is 0.249. The molecule has 3 rings (SSSR count). The van der Waals surface area contributed by atoms with Crippen molar-refractivity contribution in [1.29, 1.82) is 0 Å². The zero-order valence-electron chi connectivity index (χ0n) is 12.5. The van der Waals surface area contributed by atoms with Crippen LogP contribution in [0.2, 0.25) is 5.02 Å². The fraction of sp³-hybridized carbons (Fsp3) is 0.111. The summed E-state index contributed by atoms with van der Waals surface area (Å²) >= 11 is 5.97. The van der Waals surface area contributed by atoms with Gasteiger partial charge in [0.2, 0.25) is 0 Å². The number of H-pyrrole nitrogens is 1. The van der Waals surface area contributed by atoms with E-state index in [-0.39, 0.29) is 6.04 Å². The number of halogens is 1. The summed E-state index contributed by atoms with van der Waals surface area (Å²) < 4.78 is 0. The fourth-order valence-electron chi connectivity index (χ4n) is 2.49. The molecule has 1 heterocycles. The zero-order chi connectivity index (χ0) is 16.4. The van der Waals surface area contributed by atoms with Gasteiger partial charge in [0, 0.05) is 22.1 Å². The molecule has 1 aromatic heterocycles. The van der Waals surface area contributed by atoms with Gasteiger partial charge in [-0.3, -0.25) is 9.59 Å². The second-order valence-electron chi connectivity index (χ2n) is 5.33. The van der Waals surface area contributed by atoms with E-state index in [1.54, 1.807) is 18.2 Å². The van der Waals surface area contributed by atoms with Gasteiger partial charge in [0.05, 0.1) is 11.6 Å². The van der Waals surface area contributed by atoms with Crippen LogP contribution in [0.1, 0.15) is 28.9 Å². The van der Waals surface area contributed by atoms with Crippen LogP contribution in [0.4, 0.5) is 0 Å². The van der Waals surface area contributed by atoms with Crippen molar-refractivity contribution in [3.8, 4) is 0 Å². The maximum Gasteiger partial charge on any atom is 0.292 e. The third-order valence-corrected chi connectivity index (χ3v) is 3.98. The largest absolute Gasteiger partial charge is 0.360 e. The van der Waals surface area contributed by atoms with Gasteiger partial charge < -0.3 is 10.3 Å². The molecule has 5 heteroatoms. The minimum atomic E-state index is -0.637. The first-order valence-corrected chi connectivity index (χ1v) is 7.61. The molecule has 4 nitrogen and oxygen atoms in total. The molecule has 0 radical (unpaired) electrons. The number of hydrogen-bond acceptors (Lipinski definition) is 2. The highest BCUT2D eigenvalue weighted by atomic mass is 35.5. The van der Waals surface area contributed by atoms with Crippen molar-refractivity contribution in [2.45, 2.75) is 13.0 Å². The highest BCUT2D eigenvalue weighted by Crippen LogP contribution is 2.23. The Morgan fingerprint density at radius 3 is 2.61 bits per heavy atom. The predicted octanol–water partition coefficient (Wildman–Crippen LogP) is 3.88. The van der Waals surface area contributed by atoms with Crippen LogP contribution in [0.5, 0.6) is 0 Å². The average Bonchev–Trinajstić information content (AvgIpc) is 2.97. The molecule has 3 aromatic rings. The normalized spacial score (nSPS) is 12.1. The second-order valence-corrected chi connectivity index (χ2v) is 5.76. The Morgan fingerprint density at radius 2 is 1.87 bits per heavy atom. The van der Waals surface area contributed by atoms with Crippen molar-refractivity contribution >= 4 is 34.2 Å².